The van der Waals surface area contributed by atoms with E-state index in [2.05, 4.69) is 26.6 Å². The summed E-state index contributed by atoms with van der Waals surface area (Å²) in [5, 5.41) is 6.87. The minimum absolute atomic E-state index is 0.190. The van der Waals surface area contributed by atoms with Crippen LogP contribution in [0.1, 0.15) is 36.6 Å². The minimum Gasteiger partial charge on any atom is -0.493 e. The van der Waals surface area contributed by atoms with Gasteiger partial charge in [0.2, 0.25) is 5.75 Å². The second-order valence-electron chi connectivity index (χ2n) is 7.75. The summed E-state index contributed by atoms with van der Waals surface area (Å²) in [7, 11) is 6.67. The Morgan fingerprint density at radius 1 is 1.03 bits per heavy atom. The van der Waals surface area contributed by atoms with E-state index in [0.29, 0.717) is 23.8 Å². The van der Waals surface area contributed by atoms with Crippen LogP contribution in [0.4, 0.5) is 0 Å². The van der Waals surface area contributed by atoms with Crippen LogP contribution in [-0.4, -0.2) is 65.4 Å². The molecule has 0 amide bonds. The molecule has 2 N–H and O–H groups in total. The van der Waals surface area contributed by atoms with Gasteiger partial charge in [-0.25, -0.2) is 0 Å². The lowest BCUT2D eigenvalue weighted by atomic mass is 10.1. The molecule has 3 rings (SSSR count). The highest BCUT2D eigenvalue weighted by molar-refractivity contribution is 5.79. The molecular formula is C24H36N4O4. The van der Waals surface area contributed by atoms with E-state index in [1.807, 2.05) is 18.2 Å². The van der Waals surface area contributed by atoms with E-state index in [1.54, 1.807) is 34.6 Å². The van der Waals surface area contributed by atoms with Gasteiger partial charge in [0.05, 0.1) is 33.6 Å². The number of rotatable bonds is 10. The molecule has 0 saturated carbocycles. The fourth-order valence-corrected chi connectivity index (χ4v) is 4.21. The van der Waals surface area contributed by atoms with E-state index in [9.17, 15) is 0 Å². The summed E-state index contributed by atoms with van der Waals surface area (Å²) in [4.78, 5) is 6.89. The number of methoxy groups -OCH3 is 3. The van der Waals surface area contributed by atoms with Crippen LogP contribution in [0.5, 0.6) is 17.2 Å². The van der Waals surface area contributed by atoms with Gasteiger partial charge in [0.1, 0.15) is 5.76 Å². The molecule has 2 aromatic rings. The maximum Gasteiger partial charge on any atom is 0.203 e. The topological polar surface area (TPSA) is 80.5 Å². The first-order valence-corrected chi connectivity index (χ1v) is 11.2. The summed E-state index contributed by atoms with van der Waals surface area (Å²) < 4.78 is 22.2. The van der Waals surface area contributed by atoms with Crippen molar-refractivity contribution in [1.29, 1.82) is 0 Å². The van der Waals surface area contributed by atoms with Gasteiger partial charge in [-0.3, -0.25) is 9.89 Å². The zero-order chi connectivity index (χ0) is 22.8. The molecule has 0 spiro atoms. The predicted octanol–water partition coefficient (Wildman–Crippen LogP) is 3.24. The SMILES string of the molecule is CN=C(NCCc1ccc(OC)c(OC)c1OC)NCC(c1ccco1)N1CCCCC1. The standard InChI is InChI=1S/C24H36N4O4/c1-25-24(26-13-12-18-10-11-21(29-2)23(31-4)22(18)30-3)27-17-19(20-9-8-16-32-20)28-14-6-5-7-15-28/h8-11,16,19H,5-7,12-15,17H2,1-4H3,(H2,25,26,27). The zero-order valence-electron chi connectivity index (χ0n) is 19.6. The quantitative estimate of drug-likeness (QED) is 0.430. The Labute approximate surface area is 190 Å². The maximum absolute atomic E-state index is 5.74. The average molecular weight is 445 g/mol. The maximum atomic E-state index is 5.74. The van der Waals surface area contributed by atoms with Crippen LogP contribution in [0.15, 0.2) is 39.9 Å². The Balaban J connectivity index is 1.58. The lowest BCUT2D eigenvalue weighted by Crippen LogP contribution is -2.44. The van der Waals surface area contributed by atoms with Gasteiger partial charge in [0, 0.05) is 25.7 Å². The van der Waals surface area contributed by atoms with Crippen LogP contribution in [0.3, 0.4) is 0 Å². The van der Waals surface area contributed by atoms with Crippen molar-refractivity contribution in [2.45, 2.75) is 31.7 Å². The highest BCUT2D eigenvalue weighted by Gasteiger charge is 2.24. The summed E-state index contributed by atoms with van der Waals surface area (Å²) >= 11 is 0. The number of hydrogen-bond donors (Lipinski definition) is 2. The van der Waals surface area contributed by atoms with Crippen LogP contribution >= 0.6 is 0 Å². The number of benzene rings is 1. The number of likely N-dealkylation sites (tertiary alicyclic amines) is 1. The van der Waals surface area contributed by atoms with Gasteiger partial charge in [0.15, 0.2) is 17.5 Å². The van der Waals surface area contributed by atoms with E-state index in [-0.39, 0.29) is 6.04 Å². The van der Waals surface area contributed by atoms with E-state index in [0.717, 1.165) is 43.3 Å². The summed E-state index contributed by atoms with van der Waals surface area (Å²) in [6.45, 7) is 3.61. The number of piperidine rings is 1. The van der Waals surface area contributed by atoms with Crippen LogP contribution in [-0.2, 0) is 6.42 Å². The lowest BCUT2D eigenvalue weighted by Gasteiger charge is -2.33. The van der Waals surface area contributed by atoms with Crippen molar-refractivity contribution < 1.29 is 18.6 Å². The van der Waals surface area contributed by atoms with Crippen LogP contribution in [0, 0.1) is 0 Å². The molecule has 1 unspecified atom stereocenters. The second-order valence-corrected chi connectivity index (χ2v) is 7.75. The van der Waals surface area contributed by atoms with Crippen molar-refractivity contribution in [2.75, 3.05) is 54.6 Å². The van der Waals surface area contributed by atoms with Crippen molar-refractivity contribution in [3.8, 4) is 17.2 Å². The molecule has 0 radical (unpaired) electrons. The number of aliphatic imine (C=N–C) groups is 1. The fourth-order valence-electron chi connectivity index (χ4n) is 4.21. The summed E-state index contributed by atoms with van der Waals surface area (Å²) in [5.74, 6) is 3.71. The Kier molecular flexibility index (Phi) is 9.10. The van der Waals surface area contributed by atoms with Crippen molar-refractivity contribution in [3.63, 3.8) is 0 Å². The Hall–Kier alpha value is -2.87. The fraction of sp³-hybridized carbons (Fsp3) is 0.542. The third kappa shape index (κ3) is 5.88. The molecule has 2 heterocycles. The first-order chi connectivity index (χ1) is 15.7. The number of nitrogens with zero attached hydrogens (tertiary/aromatic N) is 2. The van der Waals surface area contributed by atoms with Gasteiger partial charge >= 0.3 is 0 Å². The van der Waals surface area contributed by atoms with Crippen LogP contribution in [0.25, 0.3) is 0 Å². The molecule has 8 nitrogen and oxygen atoms in total. The zero-order valence-corrected chi connectivity index (χ0v) is 19.6. The van der Waals surface area contributed by atoms with Crippen molar-refractivity contribution >= 4 is 5.96 Å². The molecule has 1 aromatic carbocycles. The summed E-state index contributed by atoms with van der Waals surface area (Å²) in [6.07, 6.45) is 6.26. The number of guanidine groups is 1. The first kappa shape index (κ1) is 23.8. The third-order valence-corrected chi connectivity index (χ3v) is 5.86. The molecule has 0 bridgehead atoms. The predicted molar refractivity (Wildman–Crippen MR) is 126 cm³/mol. The Bertz CT molecular complexity index is 848. The molecule has 8 heteroatoms. The lowest BCUT2D eigenvalue weighted by molar-refractivity contribution is 0.146. The van der Waals surface area contributed by atoms with E-state index in [4.69, 9.17) is 18.6 Å². The minimum atomic E-state index is 0.190. The normalized spacial score (nSPS) is 15.8. The number of nitrogens with one attached hydrogen (secondary N) is 2. The molecule has 1 aromatic heterocycles. The van der Waals surface area contributed by atoms with Gasteiger partial charge in [-0.1, -0.05) is 12.5 Å². The molecule has 1 aliphatic rings. The highest BCUT2D eigenvalue weighted by atomic mass is 16.5. The van der Waals surface area contributed by atoms with Crippen molar-refractivity contribution in [2.24, 2.45) is 4.99 Å². The molecule has 1 saturated heterocycles. The van der Waals surface area contributed by atoms with Gasteiger partial charge in [-0.05, 0) is 50.6 Å². The molecule has 176 valence electrons. The number of furan rings is 1. The Morgan fingerprint density at radius 3 is 2.44 bits per heavy atom. The number of ether oxygens (including phenoxy) is 3. The molecule has 1 atom stereocenters. The molecule has 1 aliphatic heterocycles. The van der Waals surface area contributed by atoms with Crippen LogP contribution < -0.4 is 24.8 Å². The average Bonchev–Trinajstić information content (AvgIpc) is 3.37. The van der Waals surface area contributed by atoms with Gasteiger partial charge in [0.25, 0.3) is 0 Å². The highest BCUT2D eigenvalue weighted by Crippen LogP contribution is 2.39. The third-order valence-electron chi connectivity index (χ3n) is 5.86. The molecule has 32 heavy (non-hydrogen) atoms. The van der Waals surface area contributed by atoms with Gasteiger partial charge < -0.3 is 29.3 Å². The molecule has 0 aliphatic carbocycles. The van der Waals surface area contributed by atoms with Crippen molar-refractivity contribution in [1.82, 2.24) is 15.5 Å². The van der Waals surface area contributed by atoms with E-state index >= 15 is 0 Å². The van der Waals surface area contributed by atoms with Crippen LogP contribution in [0.2, 0.25) is 0 Å². The smallest absolute Gasteiger partial charge is 0.203 e. The number of hydrogen-bond acceptors (Lipinski definition) is 6. The summed E-state index contributed by atoms with van der Waals surface area (Å²) in [5.41, 5.74) is 1.04. The van der Waals surface area contributed by atoms with Crippen molar-refractivity contribution in [3.05, 3.63) is 41.9 Å². The second kappa shape index (κ2) is 12.2. The molecule has 1 fully saturated rings. The Morgan fingerprint density at radius 2 is 1.81 bits per heavy atom. The summed E-state index contributed by atoms with van der Waals surface area (Å²) in [6, 6.07) is 8.10. The molecular weight excluding hydrogens is 408 g/mol. The van der Waals surface area contributed by atoms with E-state index in [1.165, 1.54) is 19.3 Å². The monoisotopic (exact) mass is 444 g/mol. The van der Waals surface area contributed by atoms with Gasteiger partial charge in [-0.15, -0.1) is 0 Å². The first-order valence-electron chi connectivity index (χ1n) is 11.2. The van der Waals surface area contributed by atoms with Gasteiger partial charge in [-0.2, -0.15) is 0 Å². The largest absolute Gasteiger partial charge is 0.493 e. The van der Waals surface area contributed by atoms with E-state index < -0.39 is 0 Å².